The van der Waals surface area contributed by atoms with E-state index >= 15 is 0 Å². The van der Waals surface area contributed by atoms with Crippen molar-refractivity contribution in [3.8, 4) is 11.4 Å². The van der Waals surface area contributed by atoms with Crippen LogP contribution in [0.3, 0.4) is 0 Å². The Balaban J connectivity index is 1.82. The largest absolute Gasteiger partial charge is 0.505 e. The van der Waals surface area contributed by atoms with Crippen LogP contribution in [-0.4, -0.2) is 32.7 Å². The van der Waals surface area contributed by atoms with E-state index in [1.54, 1.807) is 6.07 Å². The lowest BCUT2D eigenvalue weighted by Gasteiger charge is -2.24. The van der Waals surface area contributed by atoms with Gasteiger partial charge in [-0.2, -0.15) is 0 Å². The Bertz CT molecular complexity index is 1050. The quantitative estimate of drug-likeness (QED) is 0.284. The number of aromatic hydroxyl groups is 1. The normalized spacial score (nSPS) is 12.8. The first kappa shape index (κ1) is 24.7. The number of aromatic nitrogens is 3. The predicted octanol–water partition coefficient (Wildman–Crippen LogP) is 6.43. The van der Waals surface area contributed by atoms with Gasteiger partial charge >= 0.3 is 5.97 Å². The van der Waals surface area contributed by atoms with Crippen molar-refractivity contribution in [1.29, 1.82) is 0 Å². The van der Waals surface area contributed by atoms with Gasteiger partial charge in [-0.1, -0.05) is 78.0 Å². The predicted molar refractivity (Wildman–Crippen MR) is 132 cm³/mol. The molecule has 1 N–H and O–H groups in total. The summed E-state index contributed by atoms with van der Waals surface area (Å²) in [5.74, 6) is -0.589. The van der Waals surface area contributed by atoms with Gasteiger partial charge in [-0.3, -0.25) is 4.79 Å². The van der Waals surface area contributed by atoms with Gasteiger partial charge in [0, 0.05) is 5.56 Å². The second-order valence-electron chi connectivity index (χ2n) is 9.82. The number of phenols is 1. The third-order valence-electron chi connectivity index (χ3n) is 6.02. The number of rotatable bonds is 10. The molecule has 0 saturated carbocycles. The van der Waals surface area contributed by atoms with Crippen LogP contribution < -0.4 is 0 Å². The molecule has 0 aliphatic carbocycles. The molecule has 0 fully saturated rings. The standard InChI is InChI=1S/C27H37N3O3/c1-6-7-8-9-10-13-16-33-26(32)19(2)20-17-21(27(3,4)5)25(31)24(18-20)30-28-22-14-11-12-15-23(22)29-30/h11-12,14-15,17-19,31H,6-10,13,16H2,1-5H3. The molecule has 0 spiro atoms. The number of carbonyl (C=O) groups excluding carboxylic acids is 1. The summed E-state index contributed by atoms with van der Waals surface area (Å²) in [5.41, 5.74) is 3.14. The molecule has 3 aromatic rings. The van der Waals surface area contributed by atoms with Gasteiger partial charge in [-0.05, 0) is 42.5 Å². The first-order valence-electron chi connectivity index (χ1n) is 12.1. The van der Waals surface area contributed by atoms with Gasteiger partial charge in [0.1, 0.15) is 22.5 Å². The number of carbonyl (C=O) groups is 1. The first-order chi connectivity index (χ1) is 15.7. The fraction of sp³-hybridized carbons (Fsp3) is 0.519. The van der Waals surface area contributed by atoms with Gasteiger partial charge in [0.2, 0.25) is 0 Å². The van der Waals surface area contributed by atoms with Crippen molar-refractivity contribution in [1.82, 2.24) is 15.0 Å². The molecule has 0 aliphatic rings. The Morgan fingerprint density at radius 3 is 2.24 bits per heavy atom. The topological polar surface area (TPSA) is 77.2 Å². The van der Waals surface area contributed by atoms with E-state index < -0.39 is 5.92 Å². The molecule has 0 saturated heterocycles. The number of esters is 1. The number of unbranched alkanes of at least 4 members (excludes halogenated alkanes) is 5. The van der Waals surface area contributed by atoms with Gasteiger partial charge in [-0.25, -0.2) is 0 Å². The van der Waals surface area contributed by atoms with Gasteiger partial charge < -0.3 is 9.84 Å². The van der Waals surface area contributed by atoms with Crippen molar-refractivity contribution in [2.75, 3.05) is 6.61 Å². The van der Waals surface area contributed by atoms with Gasteiger partial charge in [0.25, 0.3) is 0 Å². The fourth-order valence-corrected chi connectivity index (χ4v) is 3.90. The van der Waals surface area contributed by atoms with E-state index in [-0.39, 0.29) is 17.1 Å². The number of hydrogen-bond acceptors (Lipinski definition) is 5. The van der Waals surface area contributed by atoms with Crippen molar-refractivity contribution in [3.63, 3.8) is 0 Å². The molecule has 0 bridgehead atoms. The molecule has 6 heteroatoms. The molecule has 2 aromatic carbocycles. The van der Waals surface area contributed by atoms with Crippen LogP contribution >= 0.6 is 0 Å². The SMILES string of the molecule is CCCCCCCCOC(=O)C(C)c1cc(-n2nc3ccccc3n2)c(O)c(C(C)(C)C)c1. The first-order valence-corrected chi connectivity index (χ1v) is 12.1. The smallest absolute Gasteiger partial charge is 0.313 e. The Hall–Kier alpha value is -2.89. The van der Waals surface area contributed by atoms with Gasteiger partial charge in [-0.15, -0.1) is 15.0 Å². The summed E-state index contributed by atoms with van der Waals surface area (Å²) in [6.07, 6.45) is 6.88. The number of fused-ring (bicyclic) bond motifs is 1. The molecule has 1 aromatic heterocycles. The molecule has 1 heterocycles. The molecule has 3 rings (SSSR count). The third-order valence-corrected chi connectivity index (χ3v) is 6.02. The summed E-state index contributed by atoms with van der Waals surface area (Å²) in [4.78, 5) is 14.2. The van der Waals surface area contributed by atoms with Crippen molar-refractivity contribution in [3.05, 3.63) is 47.5 Å². The lowest BCUT2D eigenvalue weighted by Crippen LogP contribution is -2.18. The Morgan fingerprint density at radius 2 is 1.64 bits per heavy atom. The van der Waals surface area contributed by atoms with Crippen molar-refractivity contribution in [2.24, 2.45) is 0 Å². The second-order valence-corrected chi connectivity index (χ2v) is 9.82. The molecule has 1 atom stereocenters. The van der Waals surface area contributed by atoms with Crippen LogP contribution in [0, 0.1) is 0 Å². The minimum atomic E-state index is -0.462. The second kappa shape index (κ2) is 10.8. The van der Waals surface area contributed by atoms with Crippen LogP contribution in [0.1, 0.15) is 90.2 Å². The van der Waals surface area contributed by atoms with E-state index in [0.29, 0.717) is 12.3 Å². The minimum Gasteiger partial charge on any atom is -0.505 e. The summed E-state index contributed by atoms with van der Waals surface area (Å²) in [6.45, 7) is 10.6. The maximum Gasteiger partial charge on any atom is 0.313 e. The van der Waals surface area contributed by atoms with E-state index in [4.69, 9.17) is 4.74 Å². The molecule has 0 amide bonds. The number of phenolic OH excluding ortho intramolecular Hbond substituents is 1. The number of hydrogen-bond donors (Lipinski definition) is 1. The molecule has 0 radical (unpaired) electrons. The monoisotopic (exact) mass is 451 g/mol. The highest BCUT2D eigenvalue weighted by molar-refractivity contribution is 5.79. The Kier molecular flexibility index (Phi) is 8.11. The zero-order valence-corrected chi connectivity index (χ0v) is 20.6. The zero-order valence-electron chi connectivity index (χ0n) is 20.6. The van der Waals surface area contributed by atoms with E-state index in [0.717, 1.165) is 35.0 Å². The molecule has 6 nitrogen and oxygen atoms in total. The molecule has 0 aliphatic heterocycles. The Labute approximate surface area is 197 Å². The molecule has 33 heavy (non-hydrogen) atoms. The summed E-state index contributed by atoms with van der Waals surface area (Å²) in [7, 11) is 0. The van der Waals surface area contributed by atoms with Gasteiger partial charge in [0.15, 0.2) is 0 Å². The zero-order chi connectivity index (χ0) is 24.0. The average molecular weight is 452 g/mol. The van der Waals surface area contributed by atoms with Crippen LogP contribution in [0.5, 0.6) is 5.75 Å². The number of ether oxygens (including phenoxy) is 1. The van der Waals surface area contributed by atoms with Crippen molar-refractivity contribution < 1.29 is 14.6 Å². The molecule has 178 valence electrons. The summed E-state index contributed by atoms with van der Waals surface area (Å²) < 4.78 is 5.57. The summed E-state index contributed by atoms with van der Waals surface area (Å²) in [6, 6.07) is 11.3. The van der Waals surface area contributed by atoms with Crippen LogP contribution in [0.4, 0.5) is 0 Å². The van der Waals surface area contributed by atoms with Crippen LogP contribution in [0.15, 0.2) is 36.4 Å². The van der Waals surface area contributed by atoms with Crippen LogP contribution in [-0.2, 0) is 14.9 Å². The van der Waals surface area contributed by atoms with Crippen LogP contribution in [0.2, 0.25) is 0 Å². The average Bonchev–Trinajstić information content (AvgIpc) is 3.21. The third kappa shape index (κ3) is 6.12. The molecule has 1 unspecified atom stereocenters. The highest BCUT2D eigenvalue weighted by Gasteiger charge is 2.26. The van der Waals surface area contributed by atoms with Crippen molar-refractivity contribution >= 4 is 17.0 Å². The van der Waals surface area contributed by atoms with E-state index in [1.165, 1.54) is 30.5 Å². The van der Waals surface area contributed by atoms with Crippen molar-refractivity contribution in [2.45, 2.75) is 84.5 Å². The van der Waals surface area contributed by atoms with E-state index in [1.807, 2.05) is 58.0 Å². The summed E-state index contributed by atoms with van der Waals surface area (Å²) in [5, 5.41) is 20.2. The lowest BCUT2D eigenvalue weighted by atomic mass is 9.83. The maximum absolute atomic E-state index is 12.8. The minimum absolute atomic E-state index is 0.124. The maximum atomic E-state index is 12.8. The highest BCUT2D eigenvalue weighted by atomic mass is 16.5. The summed E-state index contributed by atoms with van der Waals surface area (Å²) >= 11 is 0. The molecular weight excluding hydrogens is 414 g/mol. The van der Waals surface area contributed by atoms with Crippen LogP contribution in [0.25, 0.3) is 16.7 Å². The number of benzene rings is 2. The van der Waals surface area contributed by atoms with Gasteiger partial charge in [0.05, 0.1) is 12.5 Å². The Morgan fingerprint density at radius 1 is 1.03 bits per heavy atom. The molecular formula is C27H37N3O3. The lowest BCUT2D eigenvalue weighted by molar-refractivity contribution is -0.145. The van der Waals surface area contributed by atoms with E-state index in [9.17, 15) is 9.90 Å². The fourth-order valence-electron chi connectivity index (χ4n) is 3.90. The highest BCUT2D eigenvalue weighted by Crippen LogP contribution is 2.38. The number of nitrogens with zero attached hydrogens (tertiary/aromatic N) is 3. The van der Waals surface area contributed by atoms with E-state index in [2.05, 4.69) is 17.1 Å².